The van der Waals surface area contributed by atoms with Crippen LogP contribution in [0.3, 0.4) is 0 Å². The largest absolute Gasteiger partial charge is 0.356 e. The van der Waals surface area contributed by atoms with Crippen molar-refractivity contribution in [1.29, 1.82) is 0 Å². The van der Waals surface area contributed by atoms with Gasteiger partial charge in [-0.1, -0.05) is 0 Å². The molecule has 0 amide bonds. The van der Waals surface area contributed by atoms with E-state index in [4.69, 9.17) is 5.73 Å². The highest BCUT2D eigenvalue weighted by atomic mass is 15.3. The number of nitrogens with zero attached hydrogens (tertiary/aromatic N) is 4. The normalized spacial score (nSPS) is 19.9. The molecule has 1 saturated heterocycles. The summed E-state index contributed by atoms with van der Waals surface area (Å²) in [7, 11) is 4.28. The zero-order valence-corrected chi connectivity index (χ0v) is 12.5. The van der Waals surface area contributed by atoms with E-state index in [-0.39, 0.29) is 0 Å². The predicted molar refractivity (Wildman–Crippen MR) is 78.3 cm³/mol. The van der Waals surface area contributed by atoms with E-state index < -0.39 is 0 Å². The van der Waals surface area contributed by atoms with E-state index in [9.17, 15) is 0 Å². The fraction of sp³-hybridized carbons (Fsp3) is 0.714. The number of likely N-dealkylation sites (tertiary alicyclic amines) is 1. The first-order valence-corrected chi connectivity index (χ1v) is 6.98. The molecule has 0 aromatic carbocycles. The lowest BCUT2D eigenvalue weighted by Gasteiger charge is -2.28. The summed E-state index contributed by atoms with van der Waals surface area (Å²) in [6, 6.07) is 0.610. The van der Waals surface area contributed by atoms with Gasteiger partial charge in [-0.15, -0.1) is 5.10 Å². The van der Waals surface area contributed by atoms with E-state index in [1.165, 1.54) is 24.9 Å². The maximum atomic E-state index is 5.89. The third-order valence-corrected chi connectivity index (χ3v) is 4.28. The molecule has 1 aromatic rings. The van der Waals surface area contributed by atoms with Gasteiger partial charge in [0, 0.05) is 31.7 Å². The first-order valence-electron chi connectivity index (χ1n) is 6.98. The number of hydrogen-bond acceptors (Lipinski definition) is 5. The molecule has 1 aromatic heterocycles. The van der Waals surface area contributed by atoms with Crippen LogP contribution in [0.2, 0.25) is 0 Å². The second-order valence-electron chi connectivity index (χ2n) is 5.57. The minimum Gasteiger partial charge on any atom is -0.356 e. The van der Waals surface area contributed by atoms with Gasteiger partial charge in [-0.3, -0.25) is 0 Å². The standard InChI is InChI=1S/C14H25N5/c1-10-11(2)16-17-14(13(10)8-15)19(4)9-12-6-5-7-18(12)3/h12H,5-9,15H2,1-4H3. The molecule has 2 N–H and O–H groups in total. The minimum atomic E-state index is 0.516. The second-order valence-corrected chi connectivity index (χ2v) is 5.57. The van der Waals surface area contributed by atoms with Gasteiger partial charge in [0.25, 0.3) is 0 Å². The Morgan fingerprint density at radius 1 is 1.37 bits per heavy atom. The maximum absolute atomic E-state index is 5.89. The highest BCUT2D eigenvalue weighted by Gasteiger charge is 2.24. The third kappa shape index (κ3) is 2.87. The molecular formula is C14H25N5. The van der Waals surface area contributed by atoms with Gasteiger partial charge in [-0.25, -0.2) is 0 Å². The molecule has 1 aliphatic heterocycles. The Bertz CT molecular complexity index is 446. The van der Waals surface area contributed by atoms with Crippen LogP contribution < -0.4 is 10.6 Å². The monoisotopic (exact) mass is 263 g/mol. The third-order valence-electron chi connectivity index (χ3n) is 4.28. The van der Waals surface area contributed by atoms with Gasteiger partial charge in [0.2, 0.25) is 0 Å². The van der Waals surface area contributed by atoms with Crippen LogP contribution in [0.25, 0.3) is 0 Å². The van der Waals surface area contributed by atoms with E-state index in [0.29, 0.717) is 12.6 Å². The number of hydrogen-bond donors (Lipinski definition) is 1. The molecule has 2 heterocycles. The highest BCUT2D eigenvalue weighted by molar-refractivity contribution is 5.50. The topological polar surface area (TPSA) is 58.3 Å². The van der Waals surface area contributed by atoms with Crippen LogP contribution >= 0.6 is 0 Å². The van der Waals surface area contributed by atoms with Crippen molar-refractivity contribution in [2.75, 3.05) is 32.1 Å². The van der Waals surface area contributed by atoms with Crippen LogP contribution in [0.15, 0.2) is 0 Å². The Hall–Kier alpha value is -1.20. The Balaban J connectivity index is 2.19. The minimum absolute atomic E-state index is 0.516. The van der Waals surface area contributed by atoms with Crippen molar-refractivity contribution in [1.82, 2.24) is 15.1 Å². The van der Waals surface area contributed by atoms with Crippen molar-refractivity contribution in [3.63, 3.8) is 0 Å². The number of nitrogens with two attached hydrogens (primary N) is 1. The van der Waals surface area contributed by atoms with Gasteiger partial charge in [0.05, 0.1) is 5.69 Å². The van der Waals surface area contributed by atoms with E-state index in [1.54, 1.807) is 0 Å². The fourth-order valence-electron chi connectivity index (χ4n) is 2.81. The summed E-state index contributed by atoms with van der Waals surface area (Å²) in [5.41, 5.74) is 9.14. The van der Waals surface area contributed by atoms with Gasteiger partial charge >= 0.3 is 0 Å². The van der Waals surface area contributed by atoms with Crippen LogP contribution in [0, 0.1) is 13.8 Å². The van der Waals surface area contributed by atoms with Crippen molar-refractivity contribution in [3.05, 3.63) is 16.8 Å². The zero-order valence-electron chi connectivity index (χ0n) is 12.5. The summed E-state index contributed by atoms with van der Waals surface area (Å²) in [6.07, 6.45) is 2.55. The summed E-state index contributed by atoms with van der Waals surface area (Å²) >= 11 is 0. The number of aryl methyl sites for hydroxylation is 1. The van der Waals surface area contributed by atoms with E-state index in [2.05, 4.69) is 41.0 Å². The first kappa shape index (κ1) is 14.2. The molecule has 1 unspecified atom stereocenters. The Morgan fingerprint density at radius 2 is 2.11 bits per heavy atom. The second kappa shape index (κ2) is 5.84. The predicted octanol–water partition coefficient (Wildman–Crippen LogP) is 1.08. The summed E-state index contributed by atoms with van der Waals surface area (Å²) in [5, 5.41) is 8.60. The van der Waals surface area contributed by atoms with E-state index in [0.717, 1.165) is 23.6 Å². The maximum Gasteiger partial charge on any atom is 0.155 e. The number of likely N-dealkylation sites (N-methyl/N-ethyl adjacent to an activating group) is 2. The quantitative estimate of drug-likeness (QED) is 0.881. The molecule has 5 heteroatoms. The van der Waals surface area contributed by atoms with Crippen molar-refractivity contribution in [2.45, 2.75) is 39.3 Å². The van der Waals surface area contributed by atoms with Crippen LogP contribution in [0.4, 0.5) is 5.82 Å². The molecule has 1 fully saturated rings. The SMILES string of the molecule is Cc1nnc(N(C)CC2CCCN2C)c(CN)c1C. The van der Waals surface area contributed by atoms with Crippen molar-refractivity contribution < 1.29 is 0 Å². The summed E-state index contributed by atoms with van der Waals surface area (Å²) < 4.78 is 0. The van der Waals surface area contributed by atoms with Crippen LogP contribution in [0.1, 0.15) is 29.7 Å². The van der Waals surface area contributed by atoms with Crippen molar-refractivity contribution in [3.8, 4) is 0 Å². The molecule has 1 aliphatic rings. The molecule has 19 heavy (non-hydrogen) atoms. The van der Waals surface area contributed by atoms with Gasteiger partial charge < -0.3 is 15.5 Å². The molecule has 5 nitrogen and oxygen atoms in total. The Labute approximate surface area is 115 Å². The van der Waals surface area contributed by atoms with Crippen LogP contribution in [0.5, 0.6) is 0 Å². The van der Waals surface area contributed by atoms with Gasteiger partial charge in [0.15, 0.2) is 5.82 Å². The van der Waals surface area contributed by atoms with E-state index in [1.807, 2.05) is 6.92 Å². The highest BCUT2D eigenvalue weighted by Crippen LogP contribution is 2.23. The molecule has 0 saturated carbocycles. The Kier molecular flexibility index (Phi) is 4.37. The fourth-order valence-corrected chi connectivity index (χ4v) is 2.81. The average molecular weight is 263 g/mol. The molecule has 0 aliphatic carbocycles. The summed E-state index contributed by atoms with van der Waals surface area (Å²) in [4.78, 5) is 4.63. The number of aromatic nitrogens is 2. The van der Waals surface area contributed by atoms with Crippen LogP contribution in [-0.4, -0.2) is 48.3 Å². The van der Waals surface area contributed by atoms with Gasteiger partial charge in [-0.05, 0) is 45.8 Å². The van der Waals surface area contributed by atoms with E-state index >= 15 is 0 Å². The lowest BCUT2D eigenvalue weighted by molar-refractivity contribution is 0.313. The Morgan fingerprint density at radius 3 is 2.68 bits per heavy atom. The lowest BCUT2D eigenvalue weighted by atomic mass is 10.1. The molecular weight excluding hydrogens is 238 g/mol. The molecule has 106 valence electrons. The van der Waals surface area contributed by atoms with Gasteiger partial charge in [0.1, 0.15) is 0 Å². The van der Waals surface area contributed by atoms with Crippen molar-refractivity contribution >= 4 is 5.82 Å². The van der Waals surface area contributed by atoms with Crippen LogP contribution in [-0.2, 0) is 6.54 Å². The molecule has 0 bridgehead atoms. The first-order chi connectivity index (χ1) is 9.04. The number of rotatable bonds is 4. The average Bonchev–Trinajstić information content (AvgIpc) is 2.78. The van der Waals surface area contributed by atoms with Crippen molar-refractivity contribution in [2.24, 2.45) is 5.73 Å². The summed E-state index contributed by atoms with van der Waals surface area (Å²) in [5.74, 6) is 0.936. The molecule has 1 atom stereocenters. The zero-order chi connectivity index (χ0) is 14.0. The number of anilines is 1. The lowest BCUT2D eigenvalue weighted by Crippen LogP contribution is -2.37. The molecule has 2 rings (SSSR count). The van der Waals surface area contributed by atoms with Gasteiger partial charge in [-0.2, -0.15) is 5.10 Å². The smallest absolute Gasteiger partial charge is 0.155 e. The summed E-state index contributed by atoms with van der Waals surface area (Å²) in [6.45, 7) is 6.76. The molecule has 0 spiro atoms. The molecule has 0 radical (unpaired) electrons.